The molecule has 6 heteroatoms. The molecule has 1 aliphatic heterocycles. The zero-order chi connectivity index (χ0) is 18.1. The quantitative estimate of drug-likeness (QED) is 0.750. The molecule has 1 aromatic carbocycles. The molecule has 3 aromatic rings. The molecule has 0 saturated heterocycles. The van der Waals surface area contributed by atoms with E-state index < -0.39 is 0 Å². The fourth-order valence-corrected chi connectivity index (χ4v) is 3.47. The number of nitrogens with one attached hydrogen (secondary N) is 1. The summed E-state index contributed by atoms with van der Waals surface area (Å²) in [5.74, 6) is 1.31. The van der Waals surface area contributed by atoms with Crippen LogP contribution in [-0.4, -0.2) is 31.6 Å². The molecule has 134 valence electrons. The van der Waals surface area contributed by atoms with Crippen LogP contribution in [0.3, 0.4) is 0 Å². The molecule has 0 bridgehead atoms. The van der Waals surface area contributed by atoms with Gasteiger partial charge in [0.05, 0.1) is 11.9 Å². The monoisotopic (exact) mass is 367 g/mol. The van der Waals surface area contributed by atoms with E-state index in [4.69, 9.17) is 16.6 Å². The third-order valence-electron chi connectivity index (χ3n) is 4.79. The van der Waals surface area contributed by atoms with Crippen molar-refractivity contribution < 1.29 is 0 Å². The molecule has 0 spiro atoms. The van der Waals surface area contributed by atoms with Crippen molar-refractivity contribution in [3.8, 4) is 11.3 Å². The van der Waals surface area contributed by atoms with Crippen molar-refractivity contribution >= 4 is 11.6 Å². The van der Waals surface area contributed by atoms with Gasteiger partial charge in [0, 0.05) is 60.0 Å². The maximum absolute atomic E-state index is 6.00. The van der Waals surface area contributed by atoms with E-state index >= 15 is 0 Å². The Hall–Kier alpha value is -2.24. The van der Waals surface area contributed by atoms with Crippen LogP contribution >= 0.6 is 11.6 Å². The molecular formula is C20H22ClN5. The van der Waals surface area contributed by atoms with E-state index in [0.29, 0.717) is 5.92 Å². The first-order valence-electron chi connectivity index (χ1n) is 8.95. The van der Waals surface area contributed by atoms with E-state index in [9.17, 15) is 0 Å². The minimum Gasteiger partial charge on any atom is -0.294 e. The number of fused-ring (bicyclic) bond motifs is 1. The molecule has 0 fully saturated rings. The molecule has 26 heavy (non-hydrogen) atoms. The van der Waals surface area contributed by atoms with Crippen molar-refractivity contribution in [2.75, 3.05) is 6.54 Å². The molecule has 0 radical (unpaired) electrons. The van der Waals surface area contributed by atoms with Gasteiger partial charge < -0.3 is 0 Å². The smallest absolute Gasteiger partial charge is 0.131 e. The number of rotatable bonds is 4. The van der Waals surface area contributed by atoms with Crippen LogP contribution in [0.15, 0.2) is 36.7 Å². The summed E-state index contributed by atoms with van der Waals surface area (Å²) in [7, 11) is 0. The summed E-state index contributed by atoms with van der Waals surface area (Å²) in [6.07, 6.45) is 4.88. The molecule has 1 N–H and O–H groups in total. The van der Waals surface area contributed by atoms with Gasteiger partial charge in [-0.3, -0.25) is 10.00 Å². The first-order chi connectivity index (χ1) is 12.6. The first-order valence-corrected chi connectivity index (χ1v) is 9.33. The second-order valence-corrected chi connectivity index (χ2v) is 7.53. The van der Waals surface area contributed by atoms with Crippen molar-refractivity contribution in [3.05, 3.63) is 64.3 Å². The van der Waals surface area contributed by atoms with Crippen molar-refractivity contribution in [1.29, 1.82) is 0 Å². The van der Waals surface area contributed by atoms with Gasteiger partial charge in [-0.25, -0.2) is 9.97 Å². The summed E-state index contributed by atoms with van der Waals surface area (Å²) < 4.78 is 0. The van der Waals surface area contributed by atoms with Gasteiger partial charge in [0.2, 0.25) is 0 Å². The molecule has 0 amide bonds. The predicted molar refractivity (Wildman–Crippen MR) is 103 cm³/mol. The topological polar surface area (TPSA) is 57.7 Å². The van der Waals surface area contributed by atoms with Gasteiger partial charge in [-0.1, -0.05) is 37.6 Å². The zero-order valence-corrected chi connectivity index (χ0v) is 15.8. The summed E-state index contributed by atoms with van der Waals surface area (Å²) in [5.41, 5.74) is 5.78. The Bertz CT molecular complexity index is 901. The van der Waals surface area contributed by atoms with Gasteiger partial charge >= 0.3 is 0 Å². The Labute approximate surface area is 158 Å². The zero-order valence-electron chi connectivity index (χ0n) is 15.0. The van der Waals surface area contributed by atoms with Gasteiger partial charge in [-0.05, 0) is 17.7 Å². The predicted octanol–water partition coefficient (Wildman–Crippen LogP) is 4.20. The molecule has 4 rings (SSSR count). The van der Waals surface area contributed by atoms with E-state index in [1.807, 2.05) is 36.7 Å². The number of aromatic amines is 1. The average molecular weight is 368 g/mol. The Morgan fingerprint density at radius 1 is 1.19 bits per heavy atom. The number of benzene rings is 1. The highest BCUT2D eigenvalue weighted by Gasteiger charge is 2.20. The van der Waals surface area contributed by atoms with Gasteiger partial charge in [0.25, 0.3) is 0 Å². The molecular weight excluding hydrogens is 346 g/mol. The Morgan fingerprint density at radius 2 is 2.00 bits per heavy atom. The molecule has 0 saturated carbocycles. The van der Waals surface area contributed by atoms with Gasteiger partial charge in [-0.2, -0.15) is 5.10 Å². The normalized spacial score (nSPS) is 14.6. The molecule has 5 nitrogen and oxygen atoms in total. The van der Waals surface area contributed by atoms with Crippen LogP contribution in [0, 0.1) is 0 Å². The van der Waals surface area contributed by atoms with Crippen LogP contribution in [0.1, 0.15) is 42.4 Å². The number of halogens is 1. The van der Waals surface area contributed by atoms with E-state index in [2.05, 4.69) is 33.9 Å². The third-order valence-corrected chi connectivity index (χ3v) is 5.04. The van der Waals surface area contributed by atoms with E-state index in [0.717, 1.165) is 48.2 Å². The summed E-state index contributed by atoms with van der Waals surface area (Å²) >= 11 is 6.00. The Balaban J connectivity index is 1.51. The number of H-pyrrole nitrogens is 1. The number of aromatic nitrogens is 4. The summed E-state index contributed by atoms with van der Waals surface area (Å²) in [5, 5.41) is 8.12. The molecule has 2 aromatic heterocycles. The Morgan fingerprint density at radius 3 is 2.77 bits per heavy atom. The molecule has 3 heterocycles. The SMILES string of the molecule is CC(C)c1ncc2c(n1)CCN(Cc1cn[nH]c1-c1ccc(Cl)cc1)C2. The van der Waals surface area contributed by atoms with E-state index in [1.165, 1.54) is 16.8 Å². The van der Waals surface area contributed by atoms with Crippen molar-refractivity contribution in [2.45, 2.75) is 39.3 Å². The lowest BCUT2D eigenvalue weighted by Crippen LogP contribution is -2.31. The standard InChI is InChI=1S/C20H22ClN5/c1-13(2)20-22-9-15-11-26(8-7-18(15)24-20)12-16-10-23-25-19(16)14-3-5-17(21)6-4-14/h3-6,9-10,13H,7-8,11-12H2,1-2H3,(H,23,25). The lowest BCUT2D eigenvalue weighted by molar-refractivity contribution is 0.243. The van der Waals surface area contributed by atoms with E-state index in [-0.39, 0.29) is 0 Å². The average Bonchev–Trinajstić information content (AvgIpc) is 3.10. The minimum atomic E-state index is 0.367. The summed E-state index contributed by atoms with van der Waals surface area (Å²) in [4.78, 5) is 11.7. The van der Waals surface area contributed by atoms with Crippen molar-refractivity contribution in [3.63, 3.8) is 0 Å². The molecule has 1 aliphatic rings. The second kappa shape index (κ2) is 7.17. The second-order valence-electron chi connectivity index (χ2n) is 7.09. The van der Waals surface area contributed by atoms with Gasteiger partial charge in [0.1, 0.15) is 5.82 Å². The number of nitrogens with zero attached hydrogens (tertiary/aromatic N) is 4. The summed E-state index contributed by atoms with van der Waals surface area (Å²) in [6, 6.07) is 7.85. The largest absolute Gasteiger partial charge is 0.294 e. The van der Waals surface area contributed by atoms with Gasteiger partial charge in [0.15, 0.2) is 0 Å². The Kier molecular flexibility index (Phi) is 4.74. The van der Waals surface area contributed by atoms with Crippen LogP contribution in [-0.2, 0) is 19.5 Å². The van der Waals surface area contributed by atoms with Gasteiger partial charge in [-0.15, -0.1) is 0 Å². The number of hydrogen-bond acceptors (Lipinski definition) is 4. The summed E-state index contributed by atoms with van der Waals surface area (Å²) in [6.45, 7) is 6.98. The third kappa shape index (κ3) is 3.50. The van der Waals surface area contributed by atoms with E-state index in [1.54, 1.807) is 0 Å². The molecule has 0 unspecified atom stereocenters. The van der Waals surface area contributed by atoms with Crippen LogP contribution < -0.4 is 0 Å². The van der Waals surface area contributed by atoms with Crippen LogP contribution in [0.25, 0.3) is 11.3 Å². The lowest BCUT2D eigenvalue weighted by Gasteiger charge is -2.28. The lowest BCUT2D eigenvalue weighted by atomic mass is 10.0. The number of hydrogen-bond donors (Lipinski definition) is 1. The van der Waals surface area contributed by atoms with Crippen molar-refractivity contribution in [1.82, 2.24) is 25.1 Å². The molecule has 0 aliphatic carbocycles. The highest BCUT2D eigenvalue weighted by molar-refractivity contribution is 6.30. The molecule has 0 atom stereocenters. The fraction of sp³-hybridized carbons (Fsp3) is 0.350. The minimum absolute atomic E-state index is 0.367. The van der Waals surface area contributed by atoms with Crippen molar-refractivity contribution in [2.24, 2.45) is 0 Å². The van der Waals surface area contributed by atoms with Crippen LogP contribution in [0.5, 0.6) is 0 Å². The fourth-order valence-electron chi connectivity index (χ4n) is 3.34. The van der Waals surface area contributed by atoms with Crippen LogP contribution in [0.4, 0.5) is 0 Å². The maximum Gasteiger partial charge on any atom is 0.131 e. The highest BCUT2D eigenvalue weighted by Crippen LogP contribution is 2.26. The maximum atomic E-state index is 6.00. The highest BCUT2D eigenvalue weighted by atomic mass is 35.5. The first kappa shape index (κ1) is 17.2. The van der Waals surface area contributed by atoms with Crippen LogP contribution in [0.2, 0.25) is 5.02 Å².